The van der Waals surface area contributed by atoms with Crippen LogP contribution in [0.5, 0.6) is 0 Å². The fourth-order valence-corrected chi connectivity index (χ4v) is 2.84. The van der Waals surface area contributed by atoms with Crippen molar-refractivity contribution in [1.82, 2.24) is 4.90 Å². The lowest BCUT2D eigenvalue weighted by Crippen LogP contribution is -2.39. The first-order chi connectivity index (χ1) is 9.66. The molecule has 114 valence electrons. The number of rotatable bonds is 4. The molecule has 2 atom stereocenters. The van der Waals surface area contributed by atoms with Gasteiger partial charge in [0.05, 0.1) is 12.7 Å². The Hall–Kier alpha value is -0.860. The summed E-state index contributed by atoms with van der Waals surface area (Å²) in [6.07, 6.45) is 1.57. The molecule has 1 heterocycles. The van der Waals surface area contributed by atoms with Crippen molar-refractivity contribution in [3.63, 3.8) is 0 Å². The lowest BCUT2D eigenvalue weighted by atomic mass is 9.81. The topological polar surface area (TPSA) is 12.5 Å². The summed E-state index contributed by atoms with van der Waals surface area (Å²) >= 11 is 0. The molecule has 2 nitrogen and oxygen atoms in total. The largest absolute Gasteiger partial charge is 0.378 e. The number of ether oxygens (including phenoxy) is 1. The number of piperidine rings is 1. The summed E-state index contributed by atoms with van der Waals surface area (Å²) in [4.78, 5) is 2.42. The molecule has 0 aliphatic carbocycles. The summed E-state index contributed by atoms with van der Waals surface area (Å²) in [5.41, 5.74) is 1.47. The summed E-state index contributed by atoms with van der Waals surface area (Å²) in [5.74, 6) is 1.27. The van der Waals surface area contributed by atoms with E-state index in [1.807, 2.05) is 13.8 Å². The highest BCUT2D eigenvalue weighted by atomic mass is 16.5. The molecule has 1 saturated heterocycles. The summed E-state index contributed by atoms with van der Waals surface area (Å²) in [6.45, 7) is 11.4. The van der Waals surface area contributed by atoms with Crippen LogP contribution in [0.2, 0.25) is 0 Å². The molecular weight excluding hydrogens is 246 g/mol. The van der Waals surface area contributed by atoms with E-state index in [0.29, 0.717) is 17.9 Å². The quantitative estimate of drug-likeness (QED) is 0.819. The summed E-state index contributed by atoms with van der Waals surface area (Å²) in [7, 11) is 2.21. The summed E-state index contributed by atoms with van der Waals surface area (Å²) in [6, 6.07) is 10.9. The molecule has 2 heteroatoms. The van der Waals surface area contributed by atoms with Gasteiger partial charge in [0.2, 0.25) is 0 Å². The van der Waals surface area contributed by atoms with Crippen LogP contribution in [0.1, 0.15) is 45.6 Å². The SMILES string of the molecule is CC.CC(C)OCC1CN(C)CCC1c1ccccc1. The third-order valence-corrected chi connectivity index (χ3v) is 3.81. The highest BCUT2D eigenvalue weighted by Crippen LogP contribution is 2.32. The monoisotopic (exact) mass is 277 g/mol. The first kappa shape index (κ1) is 17.2. The number of likely N-dealkylation sites (tertiary alicyclic amines) is 1. The van der Waals surface area contributed by atoms with E-state index < -0.39 is 0 Å². The average molecular weight is 277 g/mol. The number of hydrogen-bond acceptors (Lipinski definition) is 2. The van der Waals surface area contributed by atoms with Crippen molar-refractivity contribution < 1.29 is 4.74 Å². The van der Waals surface area contributed by atoms with Gasteiger partial charge in [-0.05, 0) is 45.3 Å². The molecule has 1 aromatic carbocycles. The maximum atomic E-state index is 5.85. The van der Waals surface area contributed by atoms with E-state index in [2.05, 4.69) is 56.1 Å². The molecule has 1 fully saturated rings. The van der Waals surface area contributed by atoms with Crippen molar-refractivity contribution >= 4 is 0 Å². The Bertz CT molecular complexity index is 350. The van der Waals surface area contributed by atoms with Gasteiger partial charge in [0.15, 0.2) is 0 Å². The van der Waals surface area contributed by atoms with Crippen LogP contribution in [0.25, 0.3) is 0 Å². The summed E-state index contributed by atoms with van der Waals surface area (Å²) in [5, 5.41) is 0. The molecule has 0 saturated carbocycles. The third-order valence-electron chi connectivity index (χ3n) is 3.81. The third kappa shape index (κ3) is 5.26. The maximum absolute atomic E-state index is 5.85. The second-order valence-corrected chi connectivity index (χ2v) is 5.71. The van der Waals surface area contributed by atoms with Crippen molar-refractivity contribution in [2.24, 2.45) is 5.92 Å². The molecule has 0 bridgehead atoms. The van der Waals surface area contributed by atoms with E-state index in [9.17, 15) is 0 Å². The van der Waals surface area contributed by atoms with Crippen LogP contribution in [0, 0.1) is 5.92 Å². The van der Waals surface area contributed by atoms with Crippen LogP contribution < -0.4 is 0 Å². The van der Waals surface area contributed by atoms with Gasteiger partial charge in [-0.25, -0.2) is 0 Å². The molecule has 2 unspecified atom stereocenters. The predicted molar refractivity (Wildman–Crippen MR) is 87.2 cm³/mol. The van der Waals surface area contributed by atoms with Gasteiger partial charge in [-0.3, -0.25) is 0 Å². The van der Waals surface area contributed by atoms with Crippen LogP contribution in [0.15, 0.2) is 30.3 Å². The Kier molecular flexibility index (Phi) is 7.86. The zero-order valence-electron chi connectivity index (χ0n) is 13.8. The van der Waals surface area contributed by atoms with Crippen LogP contribution in [-0.2, 0) is 4.74 Å². The zero-order valence-corrected chi connectivity index (χ0v) is 13.8. The number of benzene rings is 1. The molecule has 0 N–H and O–H groups in total. The van der Waals surface area contributed by atoms with Gasteiger partial charge in [-0.2, -0.15) is 0 Å². The van der Waals surface area contributed by atoms with E-state index in [0.717, 1.165) is 13.2 Å². The molecule has 0 amide bonds. The number of hydrogen-bond donors (Lipinski definition) is 0. The molecule has 0 aromatic heterocycles. The van der Waals surface area contributed by atoms with Crippen molar-refractivity contribution in [2.45, 2.75) is 46.1 Å². The van der Waals surface area contributed by atoms with Crippen molar-refractivity contribution in [1.29, 1.82) is 0 Å². The van der Waals surface area contributed by atoms with E-state index in [1.54, 1.807) is 0 Å². The lowest BCUT2D eigenvalue weighted by Gasteiger charge is -2.37. The molecule has 0 radical (unpaired) electrons. The highest BCUT2D eigenvalue weighted by molar-refractivity contribution is 5.21. The van der Waals surface area contributed by atoms with Gasteiger partial charge in [-0.1, -0.05) is 44.2 Å². The minimum absolute atomic E-state index is 0.327. The van der Waals surface area contributed by atoms with E-state index >= 15 is 0 Å². The highest BCUT2D eigenvalue weighted by Gasteiger charge is 2.29. The molecule has 1 aromatic rings. The van der Waals surface area contributed by atoms with Gasteiger partial charge in [-0.15, -0.1) is 0 Å². The van der Waals surface area contributed by atoms with Gasteiger partial charge in [0.1, 0.15) is 0 Å². The molecule has 20 heavy (non-hydrogen) atoms. The molecule has 2 rings (SSSR count). The van der Waals surface area contributed by atoms with Gasteiger partial charge in [0, 0.05) is 12.5 Å². The smallest absolute Gasteiger partial charge is 0.0519 e. The fourth-order valence-electron chi connectivity index (χ4n) is 2.84. The molecule has 0 spiro atoms. The first-order valence-corrected chi connectivity index (χ1v) is 8.02. The van der Waals surface area contributed by atoms with Crippen LogP contribution >= 0.6 is 0 Å². The Morgan fingerprint density at radius 3 is 2.45 bits per heavy atom. The first-order valence-electron chi connectivity index (χ1n) is 8.02. The van der Waals surface area contributed by atoms with Crippen molar-refractivity contribution in [3.05, 3.63) is 35.9 Å². The normalized spacial score (nSPS) is 23.3. The standard InChI is InChI=1S/C16H25NO.C2H6/c1-13(2)18-12-15-11-17(3)10-9-16(15)14-7-5-4-6-8-14;1-2/h4-8,13,15-16H,9-12H2,1-3H3;1-2H3. The minimum atomic E-state index is 0.327. The van der Waals surface area contributed by atoms with Crippen LogP contribution in [-0.4, -0.2) is 37.7 Å². The number of nitrogens with zero attached hydrogens (tertiary/aromatic N) is 1. The molecule has 1 aliphatic rings. The Balaban J connectivity index is 0.000000956. The van der Waals surface area contributed by atoms with Gasteiger partial charge in [0.25, 0.3) is 0 Å². The Morgan fingerprint density at radius 1 is 1.20 bits per heavy atom. The maximum Gasteiger partial charge on any atom is 0.0519 e. The van der Waals surface area contributed by atoms with Crippen molar-refractivity contribution in [3.8, 4) is 0 Å². The second kappa shape index (κ2) is 9.15. The Labute approximate surface area is 125 Å². The average Bonchev–Trinajstić information content (AvgIpc) is 2.48. The zero-order chi connectivity index (χ0) is 15.0. The minimum Gasteiger partial charge on any atom is -0.378 e. The van der Waals surface area contributed by atoms with Crippen LogP contribution in [0.3, 0.4) is 0 Å². The predicted octanol–water partition coefficient (Wildman–Crippen LogP) is 4.17. The van der Waals surface area contributed by atoms with Gasteiger partial charge < -0.3 is 9.64 Å². The Morgan fingerprint density at radius 2 is 1.85 bits per heavy atom. The van der Waals surface area contributed by atoms with Crippen molar-refractivity contribution in [2.75, 3.05) is 26.7 Å². The van der Waals surface area contributed by atoms with Gasteiger partial charge >= 0.3 is 0 Å². The van der Waals surface area contributed by atoms with Crippen LogP contribution in [0.4, 0.5) is 0 Å². The fraction of sp³-hybridized carbons (Fsp3) is 0.667. The summed E-state index contributed by atoms with van der Waals surface area (Å²) < 4.78 is 5.85. The molecule has 1 aliphatic heterocycles. The van der Waals surface area contributed by atoms with E-state index in [1.165, 1.54) is 18.5 Å². The van der Waals surface area contributed by atoms with E-state index in [-0.39, 0.29) is 0 Å². The lowest BCUT2D eigenvalue weighted by molar-refractivity contribution is 0.0220. The van der Waals surface area contributed by atoms with E-state index in [4.69, 9.17) is 4.74 Å². The molecular formula is C18H31NO. The second-order valence-electron chi connectivity index (χ2n) is 5.71.